The number of nitrogens with one attached hydrogen (secondary N) is 1. The molecule has 0 aromatic rings. The maximum absolute atomic E-state index is 11.3. The second-order valence-corrected chi connectivity index (χ2v) is 4.18. The lowest BCUT2D eigenvalue weighted by Crippen LogP contribution is -2.45. The van der Waals surface area contributed by atoms with E-state index in [1.807, 2.05) is 0 Å². The molecule has 0 aromatic carbocycles. The van der Waals surface area contributed by atoms with Gasteiger partial charge in [-0.1, -0.05) is 0 Å². The first-order valence-corrected chi connectivity index (χ1v) is 5.29. The summed E-state index contributed by atoms with van der Waals surface area (Å²) in [6.07, 6.45) is 2.74. The van der Waals surface area contributed by atoms with E-state index in [1.165, 1.54) is 0 Å². The molecular weight excluding hydrogens is 196 g/mol. The Morgan fingerprint density at radius 1 is 1.33 bits per heavy atom. The summed E-state index contributed by atoms with van der Waals surface area (Å²) in [6, 6.07) is -0.402. The van der Waals surface area contributed by atoms with Crippen LogP contribution in [0.15, 0.2) is 0 Å². The molecule has 0 bridgehead atoms. The van der Waals surface area contributed by atoms with Gasteiger partial charge >= 0.3 is 5.97 Å². The molecule has 1 saturated carbocycles. The summed E-state index contributed by atoms with van der Waals surface area (Å²) in [5, 5.41) is 11.6. The predicted molar refractivity (Wildman–Crippen MR) is 55.2 cm³/mol. The minimum atomic E-state index is -0.730. The van der Waals surface area contributed by atoms with Gasteiger partial charge < -0.3 is 16.2 Å². The molecule has 1 aliphatic rings. The van der Waals surface area contributed by atoms with Gasteiger partial charge in [0.25, 0.3) is 0 Å². The maximum atomic E-state index is 11.3. The molecule has 5 nitrogen and oxygen atoms in total. The third-order valence-corrected chi connectivity index (χ3v) is 2.84. The molecule has 4 N–H and O–H groups in total. The zero-order valence-electron chi connectivity index (χ0n) is 8.90. The number of carbonyl (C=O) groups is 2. The van der Waals surface area contributed by atoms with Gasteiger partial charge in [-0.2, -0.15) is 0 Å². The summed E-state index contributed by atoms with van der Waals surface area (Å²) < 4.78 is 0. The van der Waals surface area contributed by atoms with Gasteiger partial charge in [0.05, 0.1) is 12.0 Å². The quantitative estimate of drug-likeness (QED) is 0.621. The number of aliphatic carboxylic acids is 1. The smallest absolute Gasteiger partial charge is 0.306 e. The van der Waals surface area contributed by atoms with Crippen LogP contribution in [0, 0.1) is 5.92 Å². The SMILES string of the molecule is C[C@H](N)C(=O)NC1CCC(C(=O)O)CC1. The molecule has 0 spiro atoms. The molecule has 15 heavy (non-hydrogen) atoms. The van der Waals surface area contributed by atoms with Crippen molar-refractivity contribution in [2.75, 3.05) is 0 Å². The van der Waals surface area contributed by atoms with E-state index < -0.39 is 12.0 Å². The van der Waals surface area contributed by atoms with Crippen LogP contribution in [-0.2, 0) is 9.59 Å². The second-order valence-electron chi connectivity index (χ2n) is 4.18. The van der Waals surface area contributed by atoms with Crippen molar-refractivity contribution in [1.29, 1.82) is 0 Å². The van der Waals surface area contributed by atoms with E-state index >= 15 is 0 Å². The Morgan fingerprint density at radius 3 is 2.27 bits per heavy atom. The molecule has 1 rings (SSSR count). The molecule has 1 amide bonds. The first-order valence-electron chi connectivity index (χ1n) is 5.29. The maximum Gasteiger partial charge on any atom is 0.306 e. The molecule has 0 aliphatic heterocycles. The Kier molecular flexibility index (Phi) is 4.08. The van der Waals surface area contributed by atoms with Gasteiger partial charge in [-0.05, 0) is 32.6 Å². The molecule has 86 valence electrons. The van der Waals surface area contributed by atoms with Crippen molar-refractivity contribution in [3.63, 3.8) is 0 Å². The summed E-state index contributed by atoms with van der Waals surface area (Å²) in [4.78, 5) is 22.0. The molecule has 0 aromatic heterocycles. The Hall–Kier alpha value is -1.10. The fraction of sp³-hybridized carbons (Fsp3) is 0.800. The third kappa shape index (κ3) is 3.51. The fourth-order valence-electron chi connectivity index (χ4n) is 1.82. The number of carbonyl (C=O) groups excluding carboxylic acids is 1. The number of amides is 1. The van der Waals surface area contributed by atoms with Crippen LogP contribution in [0.25, 0.3) is 0 Å². The average molecular weight is 214 g/mol. The first-order chi connectivity index (χ1) is 7.00. The number of hydrogen-bond donors (Lipinski definition) is 3. The minimum absolute atomic E-state index is 0.0964. The molecule has 0 saturated heterocycles. The van der Waals surface area contributed by atoms with Gasteiger partial charge in [0.2, 0.25) is 5.91 Å². The van der Waals surface area contributed by atoms with Crippen molar-refractivity contribution in [3.05, 3.63) is 0 Å². The number of rotatable bonds is 3. The number of nitrogens with two attached hydrogens (primary N) is 1. The third-order valence-electron chi connectivity index (χ3n) is 2.84. The number of carboxylic acids is 1. The van der Waals surface area contributed by atoms with E-state index in [4.69, 9.17) is 10.8 Å². The van der Waals surface area contributed by atoms with Crippen molar-refractivity contribution < 1.29 is 14.7 Å². The molecule has 5 heteroatoms. The molecule has 0 unspecified atom stereocenters. The monoisotopic (exact) mass is 214 g/mol. The van der Waals surface area contributed by atoms with E-state index in [2.05, 4.69) is 5.32 Å². The summed E-state index contributed by atoms with van der Waals surface area (Å²) in [7, 11) is 0. The summed E-state index contributed by atoms with van der Waals surface area (Å²) in [6.45, 7) is 1.64. The Labute approximate surface area is 89.0 Å². The zero-order valence-corrected chi connectivity index (χ0v) is 8.90. The lowest BCUT2D eigenvalue weighted by molar-refractivity contribution is -0.142. The van der Waals surface area contributed by atoms with Gasteiger partial charge in [0, 0.05) is 6.04 Å². The Balaban J connectivity index is 2.32. The predicted octanol–water partition coefficient (Wildman–Crippen LogP) is 0.0932. The largest absolute Gasteiger partial charge is 0.481 e. The molecule has 0 heterocycles. The van der Waals surface area contributed by atoms with Crippen molar-refractivity contribution in [3.8, 4) is 0 Å². The lowest BCUT2D eigenvalue weighted by atomic mass is 9.86. The van der Waals surface area contributed by atoms with Crippen LogP contribution in [0.2, 0.25) is 0 Å². The normalized spacial score (nSPS) is 28.1. The van der Waals surface area contributed by atoms with Crippen LogP contribution in [0.1, 0.15) is 32.6 Å². The van der Waals surface area contributed by atoms with E-state index in [9.17, 15) is 9.59 Å². The van der Waals surface area contributed by atoms with Crippen molar-refractivity contribution in [2.45, 2.75) is 44.7 Å². The average Bonchev–Trinajstić information content (AvgIpc) is 2.18. The second kappa shape index (κ2) is 5.11. The van der Waals surface area contributed by atoms with Crippen LogP contribution in [0.4, 0.5) is 0 Å². The van der Waals surface area contributed by atoms with E-state index in [0.717, 1.165) is 12.8 Å². The highest BCUT2D eigenvalue weighted by atomic mass is 16.4. The molecule has 1 fully saturated rings. The summed E-state index contributed by atoms with van der Waals surface area (Å²) in [5.41, 5.74) is 5.42. The van der Waals surface area contributed by atoms with Gasteiger partial charge in [-0.15, -0.1) is 0 Å². The lowest BCUT2D eigenvalue weighted by Gasteiger charge is -2.27. The van der Waals surface area contributed by atoms with Gasteiger partial charge in [0.15, 0.2) is 0 Å². The van der Waals surface area contributed by atoms with Crippen LogP contribution >= 0.6 is 0 Å². The Bertz CT molecular complexity index is 245. The van der Waals surface area contributed by atoms with Gasteiger partial charge in [0.1, 0.15) is 0 Å². The van der Waals surface area contributed by atoms with Crippen LogP contribution in [0.3, 0.4) is 0 Å². The molecule has 1 atom stereocenters. The van der Waals surface area contributed by atoms with Crippen LogP contribution in [-0.4, -0.2) is 29.1 Å². The standard InChI is InChI=1S/C10H18N2O3/c1-6(11)9(13)12-8-4-2-7(3-5-8)10(14)15/h6-8H,2-5,11H2,1H3,(H,12,13)(H,14,15)/t6-,7?,8?/m0/s1. The minimum Gasteiger partial charge on any atom is -0.481 e. The van der Waals surface area contributed by atoms with Crippen LogP contribution in [0.5, 0.6) is 0 Å². The highest BCUT2D eigenvalue weighted by Crippen LogP contribution is 2.24. The molecule has 0 radical (unpaired) electrons. The van der Waals surface area contributed by atoms with E-state index in [-0.39, 0.29) is 17.9 Å². The molecule has 1 aliphatic carbocycles. The first kappa shape index (κ1) is 12.0. The van der Waals surface area contributed by atoms with Gasteiger partial charge in [-0.3, -0.25) is 9.59 Å². The summed E-state index contributed by atoms with van der Waals surface area (Å²) >= 11 is 0. The van der Waals surface area contributed by atoms with Crippen molar-refractivity contribution in [1.82, 2.24) is 5.32 Å². The van der Waals surface area contributed by atoms with Crippen molar-refractivity contribution >= 4 is 11.9 Å². The topological polar surface area (TPSA) is 92.4 Å². The van der Waals surface area contributed by atoms with E-state index in [1.54, 1.807) is 6.92 Å². The highest BCUT2D eigenvalue weighted by Gasteiger charge is 2.26. The number of carboxylic acid groups (broad SMARTS) is 1. The fourth-order valence-corrected chi connectivity index (χ4v) is 1.82. The number of hydrogen-bond acceptors (Lipinski definition) is 3. The molecular formula is C10H18N2O3. The highest BCUT2D eigenvalue weighted by molar-refractivity contribution is 5.81. The Morgan fingerprint density at radius 2 is 1.87 bits per heavy atom. The zero-order chi connectivity index (χ0) is 11.4. The summed E-state index contributed by atoms with van der Waals surface area (Å²) in [5.74, 6) is -1.13. The van der Waals surface area contributed by atoms with Crippen molar-refractivity contribution in [2.24, 2.45) is 11.7 Å². The van der Waals surface area contributed by atoms with Crippen LogP contribution < -0.4 is 11.1 Å². The van der Waals surface area contributed by atoms with Gasteiger partial charge in [-0.25, -0.2) is 0 Å². The van der Waals surface area contributed by atoms with E-state index in [0.29, 0.717) is 12.8 Å².